The Labute approximate surface area is 54.3 Å². The second-order valence-electron chi connectivity index (χ2n) is 3.03. The molecule has 48 valence electrons. The van der Waals surface area contributed by atoms with Crippen LogP contribution in [0.4, 0.5) is 0 Å². The van der Waals surface area contributed by atoms with Gasteiger partial charge in [-0.05, 0) is 19.3 Å². The minimum absolute atomic E-state index is 0.475. The van der Waals surface area contributed by atoms with Gasteiger partial charge < -0.3 is 10.8 Å². The molecule has 2 rings (SSSR count). The van der Waals surface area contributed by atoms with E-state index >= 15 is 0 Å². The number of hydrogen-bond acceptors (Lipinski definition) is 2. The maximum atomic E-state index is 7.42. The van der Waals surface area contributed by atoms with E-state index in [9.17, 15) is 0 Å². The SMILES string of the molecule is N=C1C(=N)C2CCC1C2. The van der Waals surface area contributed by atoms with Gasteiger partial charge in [0.15, 0.2) is 0 Å². The van der Waals surface area contributed by atoms with Crippen LogP contribution in [0.15, 0.2) is 0 Å². The summed E-state index contributed by atoms with van der Waals surface area (Å²) in [4.78, 5) is 0. The van der Waals surface area contributed by atoms with Gasteiger partial charge in [0, 0.05) is 11.8 Å². The van der Waals surface area contributed by atoms with E-state index in [4.69, 9.17) is 10.8 Å². The van der Waals surface area contributed by atoms with Crippen molar-refractivity contribution in [1.29, 1.82) is 10.8 Å². The summed E-state index contributed by atoms with van der Waals surface area (Å²) in [6.45, 7) is 0. The summed E-state index contributed by atoms with van der Waals surface area (Å²) in [7, 11) is 0. The molecule has 2 unspecified atom stereocenters. The second kappa shape index (κ2) is 1.43. The molecular formula is C7H10N2. The van der Waals surface area contributed by atoms with Gasteiger partial charge in [-0.25, -0.2) is 0 Å². The first-order valence-corrected chi connectivity index (χ1v) is 3.46. The molecule has 2 fully saturated rings. The first-order valence-electron chi connectivity index (χ1n) is 3.46. The number of nitrogens with one attached hydrogen (secondary N) is 2. The van der Waals surface area contributed by atoms with E-state index in [1.54, 1.807) is 0 Å². The minimum atomic E-state index is 0.475. The number of rotatable bonds is 0. The van der Waals surface area contributed by atoms with E-state index in [1.165, 1.54) is 12.8 Å². The van der Waals surface area contributed by atoms with Gasteiger partial charge >= 0.3 is 0 Å². The van der Waals surface area contributed by atoms with Gasteiger partial charge in [-0.1, -0.05) is 0 Å². The van der Waals surface area contributed by atoms with Crippen molar-refractivity contribution in [2.75, 3.05) is 0 Å². The van der Waals surface area contributed by atoms with Crippen molar-refractivity contribution >= 4 is 11.4 Å². The van der Waals surface area contributed by atoms with E-state index in [-0.39, 0.29) is 0 Å². The fourth-order valence-electron chi connectivity index (χ4n) is 1.95. The highest BCUT2D eigenvalue weighted by molar-refractivity contribution is 6.43. The summed E-state index contributed by atoms with van der Waals surface area (Å²) in [5.41, 5.74) is 1.26. The van der Waals surface area contributed by atoms with Crippen LogP contribution in [0.5, 0.6) is 0 Å². The van der Waals surface area contributed by atoms with Gasteiger partial charge in [0.05, 0.1) is 11.4 Å². The van der Waals surface area contributed by atoms with Crippen LogP contribution in [0, 0.1) is 22.7 Å². The van der Waals surface area contributed by atoms with Crippen molar-refractivity contribution < 1.29 is 0 Å². The predicted molar refractivity (Wildman–Crippen MR) is 36.3 cm³/mol. The van der Waals surface area contributed by atoms with Crippen LogP contribution in [-0.2, 0) is 0 Å². The molecule has 2 heteroatoms. The lowest BCUT2D eigenvalue weighted by molar-refractivity contribution is 0.734. The molecule has 0 heterocycles. The molecule has 9 heavy (non-hydrogen) atoms. The Bertz CT molecular complexity index is 163. The van der Waals surface area contributed by atoms with Gasteiger partial charge in [-0.2, -0.15) is 0 Å². The van der Waals surface area contributed by atoms with Crippen molar-refractivity contribution in [3.8, 4) is 0 Å². The zero-order chi connectivity index (χ0) is 6.43. The van der Waals surface area contributed by atoms with Gasteiger partial charge in [-0.3, -0.25) is 0 Å². The Morgan fingerprint density at radius 2 is 1.44 bits per heavy atom. The van der Waals surface area contributed by atoms with E-state index in [2.05, 4.69) is 0 Å². The van der Waals surface area contributed by atoms with Crippen LogP contribution < -0.4 is 0 Å². The highest BCUT2D eigenvalue weighted by Gasteiger charge is 2.40. The summed E-state index contributed by atoms with van der Waals surface area (Å²) < 4.78 is 0. The van der Waals surface area contributed by atoms with E-state index in [0.717, 1.165) is 6.42 Å². The van der Waals surface area contributed by atoms with Crippen molar-refractivity contribution in [3.63, 3.8) is 0 Å². The van der Waals surface area contributed by atoms with E-state index in [0.29, 0.717) is 23.3 Å². The molecule has 0 radical (unpaired) electrons. The molecule has 0 aromatic carbocycles. The Balaban J connectivity index is 2.35. The lowest BCUT2D eigenvalue weighted by atomic mass is 9.97. The third kappa shape index (κ3) is 0.506. The highest BCUT2D eigenvalue weighted by atomic mass is 14.6. The zero-order valence-electron chi connectivity index (χ0n) is 5.28. The highest BCUT2D eigenvalue weighted by Crippen LogP contribution is 2.39. The smallest absolute Gasteiger partial charge is 0.0555 e. The molecule has 2 bridgehead atoms. The van der Waals surface area contributed by atoms with Gasteiger partial charge in [-0.15, -0.1) is 0 Å². The molecular weight excluding hydrogens is 112 g/mol. The summed E-state index contributed by atoms with van der Waals surface area (Å²) in [5.74, 6) is 0.949. The van der Waals surface area contributed by atoms with Crippen molar-refractivity contribution in [3.05, 3.63) is 0 Å². The van der Waals surface area contributed by atoms with Crippen molar-refractivity contribution in [2.24, 2.45) is 11.8 Å². The maximum Gasteiger partial charge on any atom is 0.0555 e. The van der Waals surface area contributed by atoms with Gasteiger partial charge in [0.1, 0.15) is 0 Å². The topological polar surface area (TPSA) is 47.7 Å². The molecule has 2 saturated carbocycles. The summed E-state index contributed by atoms with van der Waals surface area (Å²) in [6.07, 6.45) is 3.45. The third-order valence-electron chi connectivity index (χ3n) is 2.54. The van der Waals surface area contributed by atoms with Crippen molar-refractivity contribution in [1.82, 2.24) is 0 Å². The van der Waals surface area contributed by atoms with Gasteiger partial charge in [0.2, 0.25) is 0 Å². The molecule has 0 aromatic rings. The number of fused-ring (bicyclic) bond motifs is 2. The fourth-order valence-corrected chi connectivity index (χ4v) is 1.95. The Morgan fingerprint density at radius 3 is 1.67 bits per heavy atom. The maximum absolute atomic E-state index is 7.42. The number of hydrogen-bond donors (Lipinski definition) is 2. The average Bonchev–Trinajstić information content (AvgIpc) is 2.37. The first-order chi connectivity index (χ1) is 4.29. The predicted octanol–water partition coefficient (Wildman–Crippen LogP) is 1.46. The summed E-state index contributed by atoms with van der Waals surface area (Å²) in [5, 5.41) is 14.8. The van der Waals surface area contributed by atoms with Crippen LogP contribution in [-0.4, -0.2) is 11.4 Å². The Hall–Kier alpha value is -0.660. The molecule has 0 saturated heterocycles. The normalized spacial score (nSPS) is 40.4. The fraction of sp³-hybridized carbons (Fsp3) is 0.714. The molecule has 0 spiro atoms. The van der Waals surface area contributed by atoms with Crippen LogP contribution in [0.1, 0.15) is 19.3 Å². The van der Waals surface area contributed by atoms with E-state index in [1.807, 2.05) is 0 Å². The first kappa shape index (κ1) is 5.15. The second-order valence-corrected chi connectivity index (χ2v) is 3.03. The summed E-state index contributed by atoms with van der Waals surface area (Å²) in [6, 6.07) is 0. The third-order valence-corrected chi connectivity index (χ3v) is 2.54. The molecule has 0 amide bonds. The lowest BCUT2D eigenvalue weighted by Gasteiger charge is -2.09. The monoisotopic (exact) mass is 122 g/mol. The molecule has 2 aliphatic carbocycles. The molecule has 0 aliphatic heterocycles. The van der Waals surface area contributed by atoms with Crippen LogP contribution in [0.3, 0.4) is 0 Å². The van der Waals surface area contributed by atoms with Crippen LogP contribution in [0.2, 0.25) is 0 Å². The molecule has 2 nitrogen and oxygen atoms in total. The Morgan fingerprint density at radius 1 is 1.00 bits per heavy atom. The quantitative estimate of drug-likeness (QED) is 0.488. The van der Waals surface area contributed by atoms with E-state index < -0.39 is 0 Å². The standard InChI is InChI=1S/C7H10N2/c8-6-4-1-2-5(3-4)7(6)9/h4-5,8-9H,1-3H2. The van der Waals surface area contributed by atoms with Gasteiger partial charge in [0.25, 0.3) is 0 Å². The molecule has 2 aliphatic rings. The van der Waals surface area contributed by atoms with Crippen LogP contribution in [0.25, 0.3) is 0 Å². The average molecular weight is 122 g/mol. The molecule has 0 aromatic heterocycles. The zero-order valence-corrected chi connectivity index (χ0v) is 5.28. The summed E-state index contributed by atoms with van der Waals surface area (Å²) >= 11 is 0. The largest absolute Gasteiger partial charge is 0.303 e. The molecule has 2 atom stereocenters. The Kier molecular flexibility index (Phi) is 0.821. The molecule has 2 N–H and O–H groups in total. The minimum Gasteiger partial charge on any atom is -0.303 e. The van der Waals surface area contributed by atoms with Crippen molar-refractivity contribution in [2.45, 2.75) is 19.3 Å². The van der Waals surface area contributed by atoms with Crippen LogP contribution >= 0.6 is 0 Å². The lowest BCUT2D eigenvalue weighted by Crippen LogP contribution is -2.19.